The monoisotopic (exact) mass is 297 g/mol. The van der Waals surface area contributed by atoms with Crippen molar-refractivity contribution >= 4 is 11.6 Å². The van der Waals surface area contributed by atoms with Crippen molar-refractivity contribution in [2.45, 2.75) is 25.6 Å². The molecule has 20 heavy (non-hydrogen) atoms. The average molecular weight is 298 g/mol. The van der Waals surface area contributed by atoms with E-state index in [4.69, 9.17) is 16.3 Å². The topological polar surface area (TPSA) is 22.1 Å². The molecule has 0 fully saturated rings. The van der Waals surface area contributed by atoms with Crippen LogP contribution in [0.15, 0.2) is 30.3 Å². The molecule has 0 aliphatic carbocycles. The van der Waals surface area contributed by atoms with Crippen LogP contribution in [0, 0.1) is 11.6 Å². The van der Waals surface area contributed by atoms with E-state index in [-0.39, 0.29) is 11.6 Å². The molecule has 1 aromatic heterocycles. The lowest BCUT2D eigenvalue weighted by Crippen LogP contribution is -1.97. The largest absolute Gasteiger partial charge is 0.436 e. The number of pyridine rings is 1. The molecular formula is C15H14ClF2NO. The molecule has 2 rings (SSSR count). The van der Waals surface area contributed by atoms with Crippen LogP contribution in [-0.4, -0.2) is 4.98 Å². The number of halogens is 3. The molecule has 0 bridgehead atoms. The van der Waals surface area contributed by atoms with Crippen molar-refractivity contribution in [3.63, 3.8) is 0 Å². The third-order valence-corrected chi connectivity index (χ3v) is 2.99. The van der Waals surface area contributed by atoms with Gasteiger partial charge in [-0.1, -0.05) is 13.3 Å². The summed E-state index contributed by atoms with van der Waals surface area (Å²) in [5, 5.41) is 0. The fourth-order valence-corrected chi connectivity index (χ4v) is 1.96. The predicted molar refractivity (Wildman–Crippen MR) is 74.2 cm³/mol. The summed E-state index contributed by atoms with van der Waals surface area (Å²) in [7, 11) is 0. The molecule has 0 aliphatic rings. The van der Waals surface area contributed by atoms with Gasteiger partial charge in [0.25, 0.3) is 0 Å². The van der Waals surface area contributed by atoms with Gasteiger partial charge in [0.05, 0.1) is 0 Å². The molecule has 1 heterocycles. The molecule has 0 N–H and O–H groups in total. The van der Waals surface area contributed by atoms with Crippen molar-refractivity contribution in [3.8, 4) is 11.6 Å². The van der Waals surface area contributed by atoms with Crippen molar-refractivity contribution in [2.75, 3.05) is 0 Å². The van der Waals surface area contributed by atoms with Crippen molar-refractivity contribution in [1.29, 1.82) is 0 Å². The fraction of sp³-hybridized carbons (Fsp3) is 0.267. The number of benzene rings is 1. The zero-order valence-electron chi connectivity index (χ0n) is 11.0. The first-order valence-corrected chi connectivity index (χ1v) is 6.84. The van der Waals surface area contributed by atoms with Crippen LogP contribution in [0.25, 0.3) is 0 Å². The highest BCUT2D eigenvalue weighted by molar-refractivity contribution is 6.17. The highest BCUT2D eigenvalue weighted by Crippen LogP contribution is 2.25. The molecule has 0 unspecified atom stereocenters. The van der Waals surface area contributed by atoms with Gasteiger partial charge in [-0.3, -0.25) is 0 Å². The zero-order chi connectivity index (χ0) is 14.5. The number of aryl methyl sites for hydroxylation is 1. The van der Waals surface area contributed by atoms with Crippen LogP contribution in [0.5, 0.6) is 11.6 Å². The maximum atomic E-state index is 13.5. The van der Waals surface area contributed by atoms with Crippen LogP contribution >= 0.6 is 11.6 Å². The lowest BCUT2D eigenvalue weighted by molar-refractivity contribution is 0.420. The van der Waals surface area contributed by atoms with Crippen LogP contribution in [0.3, 0.4) is 0 Å². The van der Waals surface area contributed by atoms with Gasteiger partial charge in [0.1, 0.15) is 5.82 Å². The second-order valence-electron chi connectivity index (χ2n) is 4.37. The average Bonchev–Trinajstić information content (AvgIpc) is 2.43. The summed E-state index contributed by atoms with van der Waals surface area (Å²) in [5.74, 6) is -0.866. The van der Waals surface area contributed by atoms with E-state index < -0.39 is 11.6 Å². The molecule has 5 heteroatoms. The van der Waals surface area contributed by atoms with Crippen molar-refractivity contribution in [2.24, 2.45) is 0 Å². The van der Waals surface area contributed by atoms with Crippen LogP contribution in [0.4, 0.5) is 8.78 Å². The Bertz CT molecular complexity index is 604. The van der Waals surface area contributed by atoms with E-state index in [1.807, 2.05) is 13.0 Å². The summed E-state index contributed by atoms with van der Waals surface area (Å²) in [5.41, 5.74) is 1.65. The minimum atomic E-state index is -0.637. The third kappa shape index (κ3) is 3.67. The fourth-order valence-electron chi connectivity index (χ4n) is 1.80. The molecule has 0 amide bonds. The Kier molecular flexibility index (Phi) is 4.90. The number of aromatic nitrogens is 1. The van der Waals surface area contributed by atoms with Crippen molar-refractivity contribution in [3.05, 3.63) is 53.2 Å². The van der Waals surface area contributed by atoms with Gasteiger partial charge < -0.3 is 4.74 Å². The molecule has 106 valence electrons. The van der Waals surface area contributed by atoms with E-state index in [0.717, 1.165) is 42.3 Å². The SMILES string of the molecule is CCCc1cc(CCl)cc(Oc2cc(F)ccc2F)n1. The molecule has 0 radical (unpaired) electrons. The molecule has 0 spiro atoms. The predicted octanol–water partition coefficient (Wildman–Crippen LogP) is 4.84. The molecule has 1 aromatic carbocycles. The minimum Gasteiger partial charge on any atom is -0.436 e. The van der Waals surface area contributed by atoms with E-state index in [9.17, 15) is 8.78 Å². The highest BCUT2D eigenvalue weighted by atomic mass is 35.5. The second-order valence-corrected chi connectivity index (χ2v) is 4.63. The Morgan fingerprint density at radius 1 is 1.20 bits per heavy atom. The summed E-state index contributed by atoms with van der Waals surface area (Å²) in [6.07, 6.45) is 1.69. The van der Waals surface area contributed by atoms with Gasteiger partial charge in [-0.25, -0.2) is 13.8 Å². The van der Waals surface area contributed by atoms with Gasteiger partial charge in [-0.05, 0) is 30.2 Å². The Balaban J connectivity index is 2.32. The van der Waals surface area contributed by atoms with Gasteiger partial charge >= 0.3 is 0 Å². The van der Waals surface area contributed by atoms with E-state index in [2.05, 4.69) is 4.98 Å². The van der Waals surface area contributed by atoms with Gasteiger partial charge in [0.2, 0.25) is 5.88 Å². The van der Waals surface area contributed by atoms with Crippen molar-refractivity contribution in [1.82, 2.24) is 4.98 Å². The molecule has 0 atom stereocenters. The number of ether oxygens (including phenoxy) is 1. The first kappa shape index (κ1) is 14.7. The maximum Gasteiger partial charge on any atom is 0.219 e. The standard InChI is InChI=1S/C15H14ClF2NO/c1-2-3-12-6-10(9-16)7-15(19-12)20-14-8-11(17)4-5-13(14)18/h4-8H,2-3,9H2,1H3. The summed E-state index contributed by atoms with van der Waals surface area (Å²) >= 11 is 5.81. The molecule has 2 aromatic rings. The van der Waals surface area contributed by atoms with Gasteiger partial charge in [-0.15, -0.1) is 11.6 Å². The lowest BCUT2D eigenvalue weighted by Gasteiger charge is -2.09. The minimum absolute atomic E-state index is 0.188. The van der Waals surface area contributed by atoms with Crippen LogP contribution in [0.1, 0.15) is 24.6 Å². The molecule has 0 saturated carbocycles. The van der Waals surface area contributed by atoms with Gasteiger partial charge in [-0.2, -0.15) is 0 Å². The highest BCUT2D eigenvalue weighted by Gasteiger charge is 2.09. The third-order valence-electron chi connectivity index (χ3n) is 2.68. The quantitative estimate of drug-likeness (QED) is 0.736. The molecular weight excluding hydrogens is 284 g/mol. The Morgan fingerprint density at radius 3 is 2.70 bits per heavy atom. The van der Waals surface area contributed by atoms with Crippen LogP contribution in [-0.2, 0) is 12.3 Å². The summed E-state index contributed by atoms with van der Waals surface area (Å²) < 4.78 is 32.0. The number of alkyl halides is 1. The number of hydrogen-bond acceptors (Lipinski definition) is 2. The smallest absolute Gasteiger partial charge is 0.219 e. The Labute approximate surface area is 121 Å². The number of nitrogens with zero attached hydrogens (tertiary/aromatic N) is 1. The number of rotatable bonds is 5. The molecule has 2 nitrogen and oxygen atoms in total. The lowest BCUT2D eigenvalue weighted by atomic mass is 10.2. The van der Waals surface area contributed by atoms with E-state index in [0.29, 0.717) is 5.88 Å². The second kappa shape index (κ2) is 6.66. The Morgan fingerprint density at radius 2 is 2.00 bits per heavy atom. The Hall–Kier alpha value is -1.68. The zero-order valence-corrected chi connectivity index (χ0v) is 11.8. The van der Waals surface area contributed by atoms with Crippen LogP contribution in [0.2, 0.25) is 0 Å². The first-order chi connectivity index (χ1) is 9.62. The van der Waals surface area contributed by atoms with E-state index in [1.165, 1.54) is 0 Å². The van der Waals surface area contributed by atoms with Crippen LogP contribution < -0.4 is 4.74 Å². The maximum absolute atomic E-state index is 13.5. The summed E-state index contributed by atoms with van der Waals surface area (Å²) in [6.45, 7) is 2.03. The number of hydrogen-bond donors (Lipinski definition) is 0. The van der Waals surface area contributed by atoms with E-state index in [1.54, 1.807) is 6.07 Å². The summed E-state index contributed by atoms with van der Waals surface area (Å²) in [6, 6.07) is 6.54. The van der Waals surface area contributed by atoms with E-state index >= 15 is 0 Å². The summed E-state index contributed by atoms with van der Waals surface area (Å²) in [4.78, 5) is 4.27. The molecule has 0 saturated heterocycles. The van der Waals surface area contributed by atoms with Gasteiger partial charge in [0, 0.05) is 23.7 Å². The van der Waals surface area contributed by atoms with Crippen molar-refractivity contribution < 1.29 is 13.5 Å². The van der Waals surface area contributed by atoms with Gasteiger partial charge in [0.15, 0.2) is 11.6 Å². The normalized spacial score (nSPS) is 10.6. The molecule has 0 aliphatic heterocycles. The first-order valence-electron chi connectivity index (χ1n) is 6.31.